The highest BCUT2D eigenvalue weighted by Crippen LogP contribution is 2.41. The maximum Gasteiger partial charge on any atom is 0.331 e. The lowest BCUT2D eigenvalue weighted by Crippen LogP contribution is -2.34. The Morgan fingerprint density at radius 3 is 2.24 bits per heavy atom. The van der Waals surface area contributed by atoms with Crippen molar-refractivity contribution in [3.8, 4) is 6.07 Å². The van der Waals surface area contributed by atoms with E-state index >= 15 is 0 Å². The van der Waals surface area contributed by atoms with E-state index in [4.69, 9.17) is 4.78 Å². The molecule has 33 heavy (non-hydrogen) atoms. The molecule has 2 amide bonds. The number of urea groups is 1. The van der Waals surface area contributed by atoms with Gasteiger partial charge in [0.1, 0.15) is 14.8 Å². The van der Waals surface area contributed by atoms with E-state index in [0.29, 0.717) is 5.69 Å². The highest BCUT2D eigenvalue weighted by molar-refractivity contribution is 7.93. The van der Waals surface area contributed by atoms with Gasteiger partial charge in [-0.3, -0.25) is 0 Å². The number of hydrogen-bond donors (Lipinski definition) is 5. The number of amides is 2. The third-order valence-electron chi connectivity index (χ3n) is 5.83. The van der Waals surface area contributed by atoms with Gasteiger partial charge in [-0.05, 0) is 74.6 Å². The van der Waals surface area contributed by atoms with Crippen LogP contribution in [-0.2, 0) is 47.8 Å². The van der Waals surface area contributed by atoms with Crippen LogP contribution in [0.3, 0.4) is 0 Å². The number of aromatic nitrogens is 1. The van der Waals surface area contributed by atoms with Gasteiger partial charge in [-0.15, -0.1) is 11.3 Å². The molecule has 0 radical (unpaired) electrons. The number of fused-ring (bicyclic) bond motifs is 2. The monoisotopic (exact) mass is 509 g/mol. The molecule has 2 aromatic rings. The summed E-state index contributed by atoms with van der Waals surface area (Å²) in [4.78, 5) is 16.9. The fourth-order valence-corrected chi connectivity index (χ4v) is 6.97. The molecule has 0 spiro atoms. The molecule has 0 fully saturated rings. The van der Waals surface area contributed by atoms with Crippen molar-refractivity contribution in [1.29, 1.82) is 10.0 Å². The maximum absolute atomic E-state index is 13.1. The van der Waals surface area contributed by atoms with Crippen molar-refractivity contribution >= 4 is 46.5 Å². The predicted molar refractivity (Wildman–Crippen MR) is 130 cm³/mol. The molecule has 12 heteroatoms. The topological polar surface area (TPSA) is 159 Å². The average Bonchev–Trinajstić information content (AvgIpc) is 3.45. The number of thiazole rings is 1. The van der Waals surface area contributed by atoms with Crippen LogP contribution >= 0.6 is 24.8 Å². The summed E-state index contributed by atoms with van der Waals surface area (Å²) in [6.45, 7) is 2.42. The number of nitrogens with zero attached hydrogens (tertiary/aromatic N) is 2. The predicted octanol–water partition coefficient (Wildman–Crippen LogP) is 2.97. The fourth-order valence-electron chi connectivity index (χ4n) is 4.48. The van der Waals surface area contributed by atoms with Crippen molar-refractivity contribution in [3.63, 3.8) is 0 Å². The van der Waals surface area contributed by atoms with Gasteiger partial charge in [0.15, 0.2) is 9.92 Å². The molecule has 9 nitrogen and oxygen atoms in total. The number of anilines is 1. The van der Waals surface area contributed by atoms with E-state index in [1.54, 1.807) is 0 Å². The second-order valence-electron chi connectivity index (χ2n) is 8.57. The number of carbonyl (C=O) groups excluding carboxylic acids is 1. The van der Waals surface area contributed by atoms with Crippen LogP contribution in [-0.4, -0.2) is 25.4 Å². The molecule has 178 valence electrons. The minimum absolute atomic E-state index is 0. The molecular formula is C21H27N5O4S3. The molecule has 1 heterocycles. The van der Waals surface area contributed by atoms with Gasteiger partial charge >= 0.3 is 6.03 Å². The van der Waals surface area contributed by atoms with E-state index < -0.39 is 28.2 Å². The fraction of sp³-hybridized carbons (Fsp3) is 0.476. The Kier molecular flexibility index (Phi) is 7.12. The van der Waals surface area contributed by atoms with Gasteiger partial charge in [-0.2, -0.15) is 18.8 Å². The van der Waals surface area contributed by atoms with Gasteiger partial charge in [0.2, 0.25) is 0 Å². The first-order valence-corrected chi connectivity index (χ1v) is 12.7. The van der Waals surface area contributed by atoms with Crippen molar-refractivity contribution in [2.75, 3.05) is 5.32 Å². The van der Waals surface area contributed by atoms with Gasteiger partial charge < -0.3 is 15.5 Å². The highest BCUT2D eigenvalue weighted by Gasteiger charge is 2.31. The summed E-state index contributed by atoms with van der Waals surface area (Å²) < 4.78 is 23.5. The number of nitrogens with one attached hydrogen (secondary N) is 3. The molecule has 1 unspecified atom stereocenters. The first kappa shape index (κ1) is 25.5. The van der Waals surface area contributed by atoms with Crippen LogP contribution < -0.4 is 10.0 Å². The standard InChI is InChI=1S/C21H25N5O4S2.H2S/c1-21(2,29)19-24-16(10-27)18(31-19)32(23,30)26-20(28)25-17-13-7-3-5-11(13)15(9-22)12-6-4-8-14(12)17;/h27,29H,3-8,10H2,1-2H3,(H3,23,25,26,28,30);1H2. The molecular weight excluding hydrogens is 482 g/mol. The van der Waals surface area contributed by atoms with Crippen LogP contribution in [0.5, 0.6) is 0 Å². The van der Waals surface area contributed by atoms with Gasteiger partial charge in [0.05, 0.1) is 23.9 Å². The van der Waals surface area contributed by atoms with Gasteiger partial charge in [-0.1, -0.05) is 0 Å². The quantitative estimate of drug-likeness (QED) is 0.417. The first-order chi connectivity index (χ1) is 15.1. The SMILES string of the molecule is CC(C)(O)c1nc(CO)c(S(=N)(=O)NC(=O)Nc2c3c(c(C#N)c4c2CCC4)CCC3)s1.S. The highest BCUT2D eigenvalue weighted by atomic mass is 32.2. The maximum atomic E-state index is 13.1. The summed E-state index contributed by atoms with van der Waals surface area (Å²) in [7, 11) is -3.83. The number of nitriles is 1. The van der Waals surface area contributed by atoms with Crippen molar-refractivity contribution < 1.29 is 19.2 Å². The van der Waals surface area contributed by atoms with E-state index in [2.05, 4.69) is 21.1 Å². The van der Waals surface area contributed by atoms with Crippen molar-refractivity contribution in [3.05, 3.63) is 38.5 Å². The second kappa shape index (κ2) is 9.23. The van der Waals surface area contributed by atoms with Crippen molar-refractivity contribution in [1.82, 2.24) is 9.71 Å². The number of benzene rings is 1. The number of hydrogen-bond acceptors (Lipinski definition) is 8. The van der Waals surface area contributed by atoms with E-state index in [1.807, 2.05) is 0 Å². The molecule has 1 aromatic carbocycles. The Morgan fingerprint density at radius 2 is 1.76 bits per heavy atom. The molecule has 5 N–H and O–H groups in total. The summed E-state index contributed by atoms with van der Waals surface area (Å²) in [5, 5.41) is 32.4. The number of carbonyl (C=O) groups is 1. The molecule has 1 aromatic heterocycles. The summed E-state index contributed by atoms with van der Waals surface area (Å²) in [6, 6.07) is 1.55. The number of aliphatic hydroxyl groups is 2. The number of aliphatic hydroxyl groups excluding tert-OH is 1. The summed E-state index contributed by atoms with van der Waals surface area (Å²) in [6.07, 6.45) is 4.88. The Morgan fingerprint density at radius 1 is 1.21 bits per heavy atom. The average molecular weight is 510 g/mol. The van der Waals surface area contributed by atoms with Gasteiger partial charge in [0.25, 0.3) is 0 Å². The molecule has 0 bridgehead atoms. The zero-order valence-corrected chi connectivity index (χ0v) is 21.0. The van der Waals surface area contributed by atoms with Crippen LogP contribution in [0.4, 0.5) is 10.5 Å². The van der Waals surface area contributed by atoms with E-state index in [9.17, 15) is 24.5 Å². The van der Waals surface area contributed by atoms with Crippen LogP contribution in [0.2, 0.25) is 0 Å². The lowest BCUT2D eigenvalue weighted by Gasteiger charge is -2.18. The minimum Gasteiger partial charge on any atom is -0.390 e. The van der Waals surface area contributed by atoms with Gasteiger partial charge in [-0.25, -0.2) is 23.5 Å². The van der Waals surface area contributed by atoms with Crippen LogP contribution in [0, 0.1) is 16.1 Å². The molecule has 0 aliphatic heterocycles. The van der Waals surface area contributed by atoms with E-state index in [-0.39, 0.29) is 28.4 Å². The Balaban J connectivity index is 0.00000306. The van der Waals surface area contributed by atoms with Crippen LogP contribution in [0.25, 0.3) is 0 Å². The molecule has 4 rings (SSSR count). The Hall–Kier alpha value is -2.17. The molecule has 2 aliphatic carbocycles. The lowest BCUT2D eigenvalue weighted by atomic mass is 9.93. The Bertz CT molecular complexity index is 1220. The molecule has 0 saturated carbocycles. The van der Waals surface area contributed by atoms with Gasteiger partial charge in [0, 0.05) is 5.69 Å². The molecule has 2 aliphatic rings. The Labute approximate surface area is 203 Å². The smallest absolute Gasteiger partial charge is 0.331 e. The lowest BCUT2D eigenvalue weighted by molar-refractivity contribution is 0.0779. The minimum atomic E-state index is -3.83. The molecule has 1 atom stereocenters. The van der Waals surface area contributed by atoms with Crippen molar-refractivity contribution in [2.45, 2.75) is 68.8 Å². The largest absolute Gasteiger partial charge is 0.390 e. The summed E-state index contributed by atoms with van der Waals surface area (Å²) in [5.41, 5.74) is 3.92. The van der Waals surface area contributed by atoms with E-state index in [0.717, 1.165) is 77.7 Å². The number of rotatable bonds is 5. The zero-order valence-electron chi connectivity index (χ0n) is 18.4. The van der Waals surface area contributed by atoms with Crippen molar-refractivity contribution in [2.24, 2.45) is 0 Å². The molecule has 0 saturated heterocycles. The summed E-state index contributed by atoms with van der Waals surface area (Å²) >= 11 is 0.829. The zero-order chi connectivity index (χ0) is 23.3. The normalized spacial score (nSPS) is 16.2. The van der Waals surface area contributed by atoms with E-state index in [1.165, 1.54) is 13.8 Å². The third-order valence-corrected chi connectivity index (χ3v) is 9.22. The second-order valence-corrected chi connectivity index (χ2v) is 11.5. The summed E-state index contributed by atoms with van der Waals surface area (Å²) in [5.74, 6) is 0. The van der Waals surface area contributed by atoms with Crippen LogP contribution in [0.15, 0.2) is 4.21 Å². The third kappa shape index (κ3) is 4.61. The van der Waals surface area contributed by atoms with Crippen LogP contribution in [0.1, 0.15) is 65.2 Å². The first-order valence-electron chi connectivity index (χ1n) is 10.4.